The molecule has 0 aliphatic carbocycles. The van der Waals surface area contributed by atoms with Crippen LogP contribution in [0, 0.1) is 0 Å². The molecule has 1 rings (SSSR count). The molecule has 4 N–H and O–H groups in total. The highest BCUT2D eigenvalue weighted by Gasteiger charge is 2.48. The Kier molecular flexibility index (Phi) is 36.3. The summed E-state index contributed by atoms with van der Waals surface area (Å²) in [6, 6.07) is 0. The van der Waals surface area contributed by atoms with Gasteiger partial charge in [-0.05, 0) is 51.4 Å². The summed E-state index contributed by atoms with van der Waals surface area (Å²) in [5, 5.41) is 30.7. The summed E-state index contributed by atoms with van der Waals surface area (Å²) in [6.45, 7) is 3.78. The molecule has 0 aromatic heterocycles. The highest BCUT2D eigenvalue weighted by atomic mass is 32.3. The molecule has 12 nitrogen and oxygen atoms in total. The van der Waals surface area contributed by atoms with E-state index in [0.717, 1.165) is 57.8 Å². The zero-order valence-corrected chi connectivity index (χ0v) is 38.3. The average molecular weight is 883 g/mol. The molecule has 6 atom stereocenters. The van der Waals surface area contributed by atoms with Crippen molar-refractivity contribution < 1.29 is 56.2 Å². The van der Waals surface area contributed by atoms with Crippen LogP contribution in [0.4, 0.5) is 0 Å². The molecule has 0 radical (unpaired) electrons. The van der Waals surface area contributed by atoms with Crippen molar-refractivity contribution in [1.29, 1.82) is 0 Å². The first kappa shape index (κ1) is 56.6. The third-order valence-corrected chi connectivity index (χ3v) is 10.6. The second kappa shape index (κ2) is 39.2. The molecule has 0 amide bonds. The lowest BCUT2D eigenvalue weighted by Crippen LogP contribution is -2.60. The number of ether oxygens (including phenoxy) is 4. The van der Waals surface area contributed by atoms with Crippen LogP contribution in [0.2, 0.25) is 0 Å². The first-order chi connectivity index (χ1) is 29.6. The van der Waals surface area contributed by atoms with Gasteiger partial charge in [-0.1, -0.05) is 177 Å². The Labute approximate surface area is 369 Å². The van der Waals surface area contributed by atoms with E-state index in [1.807, 2.05) is 12.2 Å². The summed E-state index contributed by atoms with van der Waals surface area (Å²) in [5.74, 6) is -0.481. The van der Waals surface area contributed by atoms with E-state index in [1.54, 1.807) is 0 Å². The SMILES string of the molecule is CC/C=C\C/C=C\C/C=C\C/C=C\C/C=C\C/C=C\CCC(=O)OC(COCCCCCCCCCCCCCCCCC)COC1OC(CO)C(O)C(OS(=O)(=O)O)C1O. The normalized spacial score (nSPS) is 20.8. The van der Waals surface area contributed by atoms with Crippen molar-refractivity contribution in [3.63, 3.8) is 0 Å². The van der Waals surface area contributed by atoms with Crippen molar-refractivity contribution in [1.82, 2.24) is 0 Å². The van der Waals surface area contributed by atoms with Gasteiger partial charge in [-0.3, -0.25) is 9.35 Å². The Morgan fingerprint density at radius 1 is 0.639 bits per heavy atom. The lowest BCUT2D eigenvalue weighted by Gasteiger charge is -2.41. The number of allylic oxidation sites excluding steroid dienone is 12. The molecular formula is C48H82O12S. The summed E-state index contributed by atoms with van der Waals surface area (Å²) in [4.78, 5) is 12.8. The summed E-state index contributed by atoms with van der Waals surface area (Å²) < 4.78 is 59.0. The summed E-state index contributed by atoms with van der Waals surface area (Å²) >= 11 is 0. The van der Waals surface area contributed by atoms with Gasteiger partial charge in [0.05, 0.1) is 19.8 Å². The fraction of sp³-hybridized carbons (Fsp3) is 0.729. The monoisotopic (exact) mass is 883 g/mol. The highest BCUT2D eigenvalue weighted by Crippen LogP contribution is 2.26. The van der Waals surface area contributed by atoms with Gasteiger partial charge in [-0.25, -0.2) is 4.18 Å². The number of unbranched alkanes of at least 4 members (excludes halogenated alkanes) is 14. The van der Waals surface area contributed by atoms with E-state index in [1.165, 1.54) is 77.0 Å². The molecule has 6 unspecified atom stereocenters. The van der Waals surface area contributed by atoms with Gasteiger partial charge in [-0.2, -0.15) is 8.42 Å². The first-order valence-corrected chi connectivity index (χ1v) is 24.6. The Morgan fingerprint density at radius 3 is 1.56 bits per heavy atom. The first-order valence-electron chi connectivity index (χ1n) is 23.2. The molecule has 0 spiro atoms. The molecule has 1 saturated heterocycles. The van der Waals surface area contributed by atoms with Crippen molar-refractivity contribution in [2.45, 2.75) is 198 Å². The standard InChI is InChI=1S/C48H82O12S/c1-3-5-7-9-11-13-15-17-19-20-21-22-23-25-27-29-31-33-35-37-44(50)58-42(41-57-48-46(52)47(60-61(53,54)55)45(51)43(39-49)59-48)40-56-38-36-34-32-30-28-26-24-18-16-14-12-10-8-6-4-2/h5,7,11,13,17,19,21-22,25,27,31,33,42-43,45-49,51-52H,3-4,6,8-10,12,14-16,18,20,23-24,26,28-30,32,34-41H2,1-2H3,(H,53,54,55)/b7-5-,13-11-,19-17-,22-21-,27-25-,33-31-. The van der Waals surface area contributed by atoms with Gasteiger partial charge < -0.3 is 34.3 Å². The molecule has 1 aliphatic heterocycles. The maximum absolute atomic E-state index is 12.8. The van der Waals surface area contributed by atoms with Crippen molar-refractivity contribution in [2.24, 2.45) is 0 Å². The number of hydrogen-bond acceptors (Lipinski definition) is 11. The summed E-state index contributed by atoms with van der Waals surface area (Å²) in [7, 11) is -5.07. The van der Waals surface area contributed by atoms with Gasteiger partial charge >= 0.3 is 16.4 Å². The van der Waals surface area contributed by atoms with Crippen LogP contribution in [0.1, 0.15) is 162 Å². The summed E-state index contributed by atoms with van der Waals surface area (Å²) in [5.41, 5.74) is 0. The van der Waals surface area contributed by atoms with E-state index in [2.05, 4.69) is 78.8 Å². The predicted molar refractivity (Wildman–Crippen MR) is 243 cm³/mol. The van der Waals surface area contributed by atoms with Crippen LogP contribution in [0.5, 0.6) is 0 Å². The molecule has 61 heavy (non-hydrogen) atoms. The quantitative estimate of drug-likeness (QED) is 0.0199. The molecule has 13 heteroatoms. The fourth-order valence-corrected chi connectivity index (χ4v) is 7.15. The topological polar surface area (TPSA) is 178 Å². The number of carbonyl (C=O) groups excluding carboxylic acids is 1. The molecule has 1 fully saturated rings. The van der Waals surface area contributed by atoms with E-state index in [4.69, 9.17) is 23.5 Å². The Hall–Kier alpha value is -2.46. The van der Waals surface area contributed by atoms with Gasteiger partial charge in [0.15, 0.2) is 6.29 Å². The van der Waals surface area contributed by atoms with Crippen LogP contribution >= 0.6 is 0 Å². The molecule has 0 saturated carbocycles. The van der Waals surface area contributed by atoms with Crippen LogP contribution in [0.15, 0.2) is 72.9 Å². The number of aliphatic hydroxyl groups is 3. The Balaban J connectivity index is 2.48. The largest absolute Gasteiger partial charge is 0.457 e. The third-order valence-electron chi connectivity index (χ3n) is 10.1. The second-order valence-electron chi connectivity index (χ2n) is 15.6. The predicted octanol–water partition coefficient (Wildman–Crippen LogP) is 9.91. The lowest BCUT2D eigenvalue weighted by molar-refractivity contribution is -0.301. The minimum atomic E-state index is -5.07. The molecular weight excluding hydrogens is 801 g/mol. The third kappa shape index (κ3) is 32.8. The highest BCUT2D eigenvalue weighted by molar-refractivity contribution is 7.80. The molecule has 0 bridgehead atoms. The van der Waals surface area contributed by atoms with Gasteiger partial charge in [0.25, 0.3) is 0 Å². The molecule has 1 aliphatic rings. The Morgan fingerprint density at radius 2 is 1.10 bits per heavy atom. The number of rotatable bonds is 39. The zero-order valence-electron chi connectivity index (χ0n) is 37.4. The van der Waals surface area contributed by atoms with E-state index >= 15 is 0 Å². The van der Waals surface area contributed by atoms with E-state index < -0.39 is 59.8 Å². The fourth-order valence-electron chi connectivity index (χ4n) is 6.64. The van der Waals surface area contributed by atoms with Crippen LogP contribution in [-0.4, -0.2) is 97.5 Å². The van der Waals surface area contributed by atoms with Gasteiger partial charge in [0.2, 0.25) is 0 Å². The van der Waals surface area contributed by atoms with Crippen LogP contribution < -0.4 is 0 Å². The van der Waals surface area contributed by atoms with E-state index in [9.17, 15) is 28.5 Å². The second-order valence-corrected chi connectivity index (χ2v) is 16.7. The van der Waals surface area contributed by atoms with E-state index in [-0.39, 0.29) is 19.6 Å². The van der Waals surface area contributed by atoms with Gasteiger partial charge in [0, 0.05) is 13.0 Å². The number of carbonyl (C=O) groups is 1. The molecule has 352 valence electrons. The van der Waals surface area contributed by atoms with Crippen LogP contribution in [0.25, 0.3) is 0 Å². The molecule has 1 heterocycles. The van der Waals surface area contributed by atoms with Crippen molar-refractivity contribution in [2.75, 3.05) is 26.4 Å². The number of hydrogen-bond donors (Lipinski definition) is 4. The van der Waals surface area contributed by atoms with Gasteiger partial charge in [0.1, 0.15) is 30.5 Å². The number of esters is 1. The summed E-state index contributed by atoms with van der Waals surface area (Å²) in [6.07, 6.45) is 40.9. The lowest BCUT2D eigenvalue weighted by atomic mass is 9.99. The van der Waals surface area contributed by atoms with Crippen molar-refractivity contribution in [3.05, 3.63) is 72.9 Å². The minimum absolute atomic E-state index is 0.00404. The van der Waals surface area contributed by atoms with Gasteiger partial charge in [-0.15, -0.1) is 0 Å². The van der Waals surface area contributed by atoms with E-state index in [0.29, 0.717) is 13.0 Å². The molecule has 0 aromatic carbocycles. The van der Waals surface area contributed by atoms with Crippen molar-refractivity contribution >= 4 is 16.4 Å². The molecule has 0 aromatic rings. The minimum Gasteiger partial charge on any atom is -0.457 e. The van der Waals surface area contributed by atoms with Crippen LogP contribution in [-0.2, 0) is 38.3 Å². The Bertz CT molecular complexity index is 1340. The maximum Gasteiger partial charge on any atom is 0.397 e. The van der Waals surface area contributed by atoms with Crippen LogP contribution in [0.3, 0.4) is 0 Å². The number of aliphatic hydroxyl groups excluding tert-OH is 3. The average Bonchev–Trinajstić information content (AvgIpc) is 3.23. The van der Waals surface area contributed by atoms with Crippen molar-refractivity contribution in [3.8, 4) is 0 Å². The maximum atomic E-state index is 12.8. The zero-order chi connectivity index (χ0) is 44.7. The smallest absolute Gasteiger partial charge is 0.397 e.